The van der Waals surface area contributed by atoms with Crippen molar-refractivity contribution in [2.75, 3.05) is 16.7 Å². The number of ether oxygens (including phenoxy) is 1. The summed E-state index contributed by atoms with van der Waals surface area (Å²) in [5, 5.41) is 8.96. The molecule has 0 aliphatic heterocycles. The van der Waals surface area contributed by atoms with Crippen LogP contribution >= 0.6 is 0 Å². The van der Waals surface area contributed by atoms with Crippen LogP contribution in [0.5, 0.6) is 5.75 Å². The summed E-state index contributed by atoms with van der Waals surface area (Å²) >= 11 is 0. The number of hydrogen-bond donors (Lipinski definition) is 1. The van der Waals surface area contributed by atoms with E-state index in [-0.39, 0.29) is 0 Å². The number of nitrogens with zero attached hydrogens (tertiary/aromatic N) is 2. The van der Waals surface area contributed by atoms with Crippen molar-refractivity contribution in [3.05, 3.63) is 60.2 Å². The third kappa shape index (κ3) is 5.20. The van der Waals surface area contributed by atoms with Gasteiger partial charge in [0.25, 0.3) is 0 Å². The van der Waals surface area contributed by atoms with Crippen LogP contribution < -0.4 is 14.4 Å². The van der Waals surface area contributed by atoms with Crippen molar-refractivity contribution in [2.24, 2.45) is 0 Å². The van der Waals surface area contributed by atoms with E-state index in [0.717, 1.165) is 29.7 Å². The highest BCUT2D eigenvalue weighted by atomic mass is 32.2. The van der Waals surface area contributed by atoms with Gasteiger partial charge in [0.1, 0.15) is 5.75 Å². The molecule has 31 heavy (non-hydrogen) atoms. The van der Waals surface area contributed by atoms with Crippen LogP contribution in [0.4, 0.5) is 11.4 Å². The number of nitrogens with one attached hydrogen (secondary N) is 1. The molecule has 0 radical (unpaired) electrons. The van der Waals surface area contributed by atoms with Crippen LogP contribution in [0.25, 0.3) is 5.57 Å². The smallest absolute Gasteiger partial charge is 0.235 e. The van der Waals surface area contributed by atoms with Crippen molar-refractivity contribution in [3.63, 3.8) is 0 Å². The monoisotopic (exact) mass is 439 g/mol. The number of sulfonamides is 1. The maximum absolute atomic E-state index is 12.1. The minimum absolute atomic E-state index is 0.387. The molecular formula is C24H29N3O3S. The van der Waals surface area contributed by atoms with Crippen molar-refractivity contribution in [1.29, 1.82) is 5.26 Å². The van der Waals surface area contributed by atoms with Gasteiger partial charge in [0, 0.05) is 29.5 Å². The Bertz CT molecular complexity index is 1080. The van der Waals surface area contributed by atoms with Crippen molar-refractivity contribution < 1.29 is 13.2 Å². The largest absolute Gasteiger partial charge is 0.497 e. The van der Waals surface area contributed by atoms with Gasteiger partial charge >= 0.3 is 0 Å². The lowest BCUT2D eigenvalue weighted by Gasteiger charge is -2.40. The van der Waals surface area contributed by atoms with Crippen molar-refractivity contribution in [1.82, 2.24) is 0 Å². The van der Waals surface area contributed by atoms with E-state index in [1.165, 1.54) is 6.42 Å². The predicted octanol–water partition coefficient (Wildman–Crippen LogP) is 4.94. The molecule has 6 nitrogen and oxygen atoms in total. The Kier molecular flexibility index (Phi) is 6.91. The van der Waals surface area contributed by atoms with Crippen molar-refractivity contribution in [2.45, 2.75) is 50.9 Å². The number of benzene rings is 2. The Balaban J connectivity index is 1.89. The van der Waals surface area contributed by atoms with E-state index in [1.807, 2.05) is 30.3 Å². The zero-order valence-corrected chi connectivity index (χ0v) is 19.1. The molecule has 3 rings (SSSR count). The number of nitriles is 1. The molecule has 1 N–H and O–H groups in total. The van der Waals surface area contributed by atoms with E-state index < -0.39 is 15.3 Å². The topological polar surface area (TPSA) is 82.4 Å². The summed E-state index contributed by atoms with van der Waals surface area (Å²) < 4.78 is 32.2. The maximum atomic E-state index is 12.1. The standard InChI is InChI=1S/C24H29N3O3S/c1-17(2)31(28,29)26-20-10-8-19(9-11-20)16-27(21-6-5-7-21)24-13-12-22(30-4)14-23(24)18(3)15-25/h8-14,17,21,26H,3,5-7,16H2,1-2,4H3. The molecule has 0 atom stereocenters. The predicted molar refractivity (Wildman–Crippen MR) is 126 cm³/mol. The molecule has 1 saturated carbocycles. The van der Waals surface area contributed by atoms with Gasteiger partial charge in [-0.3, -0.25) is 4.72 Å². The summed E-state index contributed by atoms with van der Waals surface area (Å²) in [7, 11) is -1.77. The van der Waals surface area contributed by atoms with Gasteiger partial charge in [-0.15, -0.1) is 0 Å². The van der Waals surface area contributed by atoms with Gasteiger partial charge in [0.15, 0.2) is 0 Å². The van der Waals surface area contributed by atoms with Crippen molar-refractivity contribution in [3.8, 4) is 11.8 Å². The molecule has 0 spiro atoms. The fourth-order valence-corrected chi connectivity index (χ4v) is 4.16. The van der Waals surface area contributed by atoms with Gasteiger partial charge < -0.3 is 9.64 Å². The number of rotatable bonds is 9. The summed E-state index contributed by atoms with van der Waals surface area (Å²) in [4.78, 5) is 2.31. The second kappa shape index (κ2) is 9.44. The lowest BCUT2D eigenvalue weighted by Crippen LogP contribution is -2.40. The third-order valence-electron chi connectivity index (χ3n) is 5.68. The summed E-state index contributed by atoms with van der Waals surface area (Å²) in [5.41, 5.74) is 3.74. The van der Waals surface area contributed by atoms with E-state index in [2.05, 4.69) is 22.3 Å². The SMILES string of the molecule is C=C(C#N)c1cc(OC)ccc1N(Cc1ccc(NS(=O)(=O)C(C)C)cc1)C1CCC1. The molecule has 0 bridgehead atoms. The second-order valence-electron chi connectivity index (χ2n) is 8.08. The molecule has 1 fully saturated rings. The average Bonchev–Trinajstić information content (AvgIpc) is 2.72. The van der Waals surface area contributed by atoms with Crippen molar-refractivity contribution >= 4 is 27.0 Å². The second-order valence-corrected chi connectivity index (χ2v) is 10.3. The fraction of sp³-hybridized carbons (Fsp3) is 0.375. The molecule has 1 aliphatic carbocycles. The van der Waals surface area contributed by atoms with Crippen LogP contribution in [-0.2, 0) is 16.6 Å². The average molecular weight is 440 g/mol. The van der Waals surface area contributed by atoms with Crippen LogP contribution in [0.3, 0.4) is 0 Å². The first-order valence-corrected chi connectivity index (χ1v) is 11.9. The van der Waals surface area contributed by atoms with E-state index in [9.17, 15) is 13.7 Å². The molecule has 0 heterocycles. The number of hydrogen-bond acceptors (Lipinski definition) is 5. The molecular weight excluding hydrogens is 410 g/mol. The maximum Gasteiger partial charge on any atom is 0.235 e. The molecule has 1 aliphatic rings. The van der Waals surface area contributed by atoms with E-state index in [1.54, 1.807) is 33.1 Å². The normalized spacial score (nSPS) is 13.9. The Hall–Kier alpha value is -2.98. The quantitative estimate of drug-likeness (QED) is 0.560. The lowest BCUT2D eigenvalue weighted by atomic mass is 9.89. The highest BCUT2D eigenvalue weighted by Gasteiger charge is 2.27. The van der Waals surface area contributed by atoms with Crippen LogP contribution in [0, 0.1) is 11.3 Å². The molecule has 0 aromatic heterocycles. The minimum atomic E-state index is -3.38. The highest BCUT2D eigenvalue weighted by molar-refractivity contribution is 7.93. The molecule has 0 amide bonds. The van der Waals surface area contributed by atoms with Gasteiger partial charge in [0.2, 0.25) is 10.0 Å². The Morgan fingerprint density at radius 2 is 1.94 bits per heavy atom. The van der Waals surface area contributed by atoms with Crippen LogP contribution in [0.2, 0.25) is 0 Å². The molecule has 7 heteroatoms. The highest BCUT2D eigenvalue weighted by Crippen LogP contribution is 2.37. The van der Waals surface area contributed by atoms with Gasteiger partial charge in [-0.2, -0.15) is 5.26 Å². The summed E-state index contributed by atoms with van der Waals surface area (Å²) in [6, 6.07) is 15.7. The molecule has 2 aromatic carbocycles. The van der Waals surface area contributed by atoms with Crippen LogP contribution in [-0.4, -0.2) is 26.8 Å². The van der Waals surface area contributed by atoms with Gasteiger partial charge in [-0.05, 0) is 69.0 Å². The molecule has 0 saturated heterocycles. The first kappa shape index (κ1) is 22.7. The third-order valence-corrected chi connectivity index (χ3v) is 7.44. The van der Waals surface area contributed by atoms with E-state index in [0.29, 0.717) is 29.6 Å². The van der Waals surface area contributed by atoms with Gasteiger partial charge in [0.05, 0.1) is 24.0 Å². The first-order chi connectivity index (χ1) is 14.7. The van der Waals surface area contributed by atoms with E-state index in [4.69, 9.17) is 4.74 Å². The van der Waals surface area contributed by atoms with Gasteiger partial charge in [-0.25, -0.2) is 8.42 Å². The Morgan fingerprint density at radius 1 is 1.26 bits per heavy atom. The molecule has 164 valence electrons. The fourth-order valence-electron chi connectivity index (χ4n) is 3.46. The van der Waals surface area contributed by atoms with E-state index >= 15 is 0 Å². The zero-order chi connectivity index (χ0) is 22.6. The number of anilines is 2. The minimum Gasteiger partial charge on any atom is -0.497 e. The first-order valence-electron chi connectivity index (χ1n) is 10.4. The van der Waals surface area contributed by atoms with Gasteiger partial charge in [-0.1, -0.05) is 18.7 Å². The molecule has 2 aromatic rings. The number of methoxy groups -OCH3 is 1. The van der Waals surface area contributed by atoms with Crippen LogP contribution in [0.1, 0.15) is 44.2 Å². The Labute approximate surface area is 185 Å². The zero-order valence-electron chi connectivity index (χ0n) is 18.3. The summed E-state index contributed by atoms with van der Waals surface area (Å²) in [6.07, 6.45) is 3.37. The summed E-state index contributed by atoms with van der Waals surface area (Å²) in [5.74, 6) is 0.686. The Morgan fingerprint density at radius 3 is 2.45 bits per heavy atom. The van der Waals surface area contributed by atoms with Crippen LogP contribution in [0.15, 0.2) is 49.0 Å². The lowest BCUT2D eigenvalue weighted by molar-refractivity contribution is 0.384. The number of allylic oxidation sites excluding steroid dienone is 1. The summed E-state index contributed by atoms with van der Waals surface area (Å²) in [6.45, 7) is 7.87. The molecule has 0 unspecified atom stereocenters.